The molecule has 0 bridgehead atoms. The van der Waals surface area contributed by atoms with Crippen LogP contribution in [0.15, 0.2) is 17.1 Å². The van der Waals surface area contributed by atoms with Gasteiger partial charge in [0.15, 0.2) is 0 Å². The summed E-state index contributed by atoms with van der Waals surface area (Å²) in [7, 11) is 1.91. The molecular weight excluding hydrogens is 302 g/mol. The highest BCUT2D eigenvalue weighted by atomic mass is 32.2. The van der Waals surface area contributed by atoms with E-state index in [0.717, 1.165) is 12.3 Å². The topological polar surface area (TPSA) is 56.6 Å². The van der Waals surface area contributed by atoms with Crippen LogP contribution in [-0.4, -0.2) is 46.5 Å². The van der Waals surface area contributed by atoms with Crippen molar-refractivity contribution in [2.45, 2.75) is 45.0 Å². The first-order chi connectivity index (χ1) is 10.3. The van der Waals surface area contributed by atoms with E-state index in [4.69, 9.17) is 9.47 Å². The van der Waals surface area contributed by atoms with Crippen molar-refractivity contribution in [3.05, 3.63) is 22.7 Å². The van der Waals surface area contributed by atoms with Crippen molar-refractivity contribution in [1.82, 2.24) is 9.55 Å². The van der Waals surface area contributed by atoms with Crippen LogP contribution in [0.4, 0.5) is 5.82 Å². The number of anilines is 1. The van der Waals surface area contributed by atoms with Crippen LogP contribution in [0.2, 0.25) is 0 Å². The minimum Gasteiger partial charge on any atom is -0.372 e. The number of hydrogen-bond acceptors (Lipinski definition) is 6. The van der Waals surface area contributed by atoms with Crippen molar-refractivity contribution < 1.29 is 9.47 Å². The molecule has 6 nitrogen and oxygen atoms in total. The summed E-state index contributed by atoms with van der Waals surface area (Å²) in [4.78, 5) is 18.2. The summed E-state index contributed by atoms with van der Waals surface area (Å²) >= 11 is 1.66. The van der Waals surface area contributed by atoms with E-state index in [1.54, 1.807) is 22.5 Å². The van der Waals surface area contributed by atoms with E-state index < -0.39 is 0 Å². The zero-order valence-corrected chi connectivity index (χ0v) is 14.7. The van der Waals surface area contributed by atoms with Crippen LogP contribution < -0.4 is 10.6 Å². The molecule has 22 heavy (non-hydrogen) atoms. The fraction of sp³-hybridized carbons (Fsp3) is 0.733. The first-order valence-corrected chi connectivity index (χ1v) is 8.56. The Morgan fingerprint density at radius 2 is 2.27 bits per heavy atom. The quantitative estimate of drug-likeness (QED) is 0.825. The van der Waals surface area contributed by atoms with Crippen molar-refractivity contribution in [3.8, 4) is 0 Å². The molecule has 1 saturated heterocycles. The van der Waals surface area contributed by atoms with E-state index in [2.05, 4.69) is 4.98 Å². The summed E-state index contributed by atoms with van der Waals surface area (Å²) in [5.74, 6) is 1.41. The predicted molar refractivity (Wildman–Crippen MR) is 89.5 cm³/mol. The van der Waals surface area contributed by atoms with E-state index in [1.165, 1.54) is 0 Å². The molecule has 0 amide bonds. The monoisotopic (exact) mass is 327 g/mol. The molecule has 2 heterocycles. The van der Waals surface area contributed by atoms with Gasteiger partial charge in [-0.15, -0.1) is 11.8 Å². The van der Waals surface area contributed by atoms with Gasteiger partial charge < -0.3 is 14.4 Å². The molecule has 0 saturated carbocycles. The highest BCUT2D eigenvalue weighted by molar-refractivity contribution is 8.00. The molecule has 0 unspecified atom stereocenters. The Morgan fingerprint density at radius 1 is 1.55 bits per heavy atom. The summed E-state index contributed by atoms with van der Waals surface area (Å²) in [6.07, 6.45) is 1.48. The summed E-state index contributed by atoms with van der Waals surface area (Å²) in [5, 5.41) is 0. The van der Waals surface area contributed by atoms with Crippen LogP contribution in [-0.2, 0) is 9.47 Å². The summed E-state index contributed by atoms with van der Waals surface area (Å²) < 4.78 is 13.2. The third kappa shape index (κ3) is 4.47. The molecule has 124 valence electrons. The molecule has 1 aliphatic heterocycles. The van der Waals surface area contributed by atoms with Gasteiger partial charge in [-0.2, -0.15) is 4.98 Å². The third-order valence-corrected chi connectivity index (χ3v) is 4.47. The highest BCUT2D eigenvalue weighted by Gasteiger charge is 2.29. The fourth-order valence-corrected chi connectivity index (χ4v) is 2.98. The molecule has 1 aliphatic rings. The molecule has 7 heteroatoms. The van der Waals surface area contributed by atoms with Gasteiger partial charge in [0.2, 0.25) is 0 Å². The van der Waals surface area contributed by atoms with E-state index in [9.17, 15) is 4.79 Å². The van der Waals surface area contributed by atoms with Gasteiger partial charge >= 0.3 is 5.69 Å². The maximum absolute atomic E-state index is 12.2. The lowest BCUT2D eigenvalue weighted by Gasteiger charge is -2.22. The normalized spacial score (nSPS) is 22.0. The molecular formula is C15H25N3O3S. The lowest BCUT2D eigenvalue weighted by atomic mass is 10.2. The molecule has 0 spiro atoms. The van der Waals surface area contributed by atoms with Gasteiger partial charge in [-0.1, -0.05) is 0 Å². The summed E-state index contributed by atoms with van der Waals surface area (Å²) in [6, 6.07) is 1.85. The summed E-state index contributed by atoms with van der Waals surface area (Å²) in [6.45, 7) is 9.39. The number of rotatable bonds is 5. The van der Waals surface area contributed by atoms with Crippen molar-refractivity contribution in [2.75, 3.05) is 30.9 Å². The molecule has 2 rings (SSSR count). The van der Waals surface area contributed by atoms with E-state index in [-0.39, 0.29) is 23.0 Å². The molecule has 1 aromatic rings. The Labute approximate surface area is 135 Å². The molecule has 0 radical (unpaired) electrons. The Hall–Kier alpha value is -1.05. The SMILES string of the molecule is CCN(C)c1ccn([C@@H]2CS[C@H](COC(C)(C)C)O2)c(=O)n1. The first-order valence-electron chi connectivity index (χ1n) is 7.51. The van der Waals surface area contributed by atoms with Gasteiger partial charge in [-0.25, -0.2) is 4.79 Å². The Balaban J connectivity index is 2.00. The van der Waals surface area contributed by atoms with Gasteiger partial charge in [-0.3, -0.25) is 4.57 Å². The largest absolute Gasteiger partial charge is 0.372 e. The van der Waals surface area contributed by atoms with Crippen LogP contribution in [0.25, 0.3) is 0 Å². The maximum Gasteiger partial charge on any atom is 0.351 e. The van der Waals surface area contributed by atoms with Crippen LogP contribution >= 0.6 is 11.8 Å². The fourth-order valence-electron chi connectivity index (χ4n) is 1.99. The van der Waals surface area contributed by atoms with E-state index in [1.807, 2.05) is 45.7 Å². The van der Waals surface area contributed by atoms with Gasteiger partial charge in [0.1, 0.15) is 17.5 Å². The average Bonchev–Trinajstić information content (AvgIpc) is 2.92. The zero-order valence-electron chi connectivity index (χ0n) is 13.9. The minimum atomic E-state index is -0.278. The molecule has 1 aromatic heterocycles. The molecule has 2 atom stereocenters. The van der Waals surface area contributed by atoms with Crippen molar-refractivity contribution >= 4 is 17.6 Å². The van der Waals surface area contributed by atoms with Gasteiger partial charge in [-0.05, 0) is 33.8 Å². The third-order valence-electron chi connectivity index (χ3n) is 3.38. The Bertz CT molecular complexity index is 556. The smallest absolute Gasteiger partial charge is 0.351 e. The average molecular weight is 327 g/mol. The number of thioether (sulfide) groups is 1. The Kier molecular flexibility index (Phi) is 5.52. The molecule has 0 aromatic carbocycles. The number of hydrogen-bond donors (Lipinski definition) is 0. The lowest BCUT2D eigenvalue weighted by Crippen LogP contribution is -2.31. The number of ether oxygens (including phenoxy) is 2. The van der Waals surface area contributed by atoms with Crippen LogP contribution in [0.5, 0.6) is 0 Å². The lowest BCUT2D eigenvalue weighted by molar-refractivity contribution is -0.0684. The second-order valence-corrected chi connectivity index (χ2v) is 7.46. The van der Waals surface area contributed by atoms with E-state index in [0.29, 0.717) is 12.4 Å². The highest BCUT2D eigenvalue weighted by Crippen LogP contribution is 2.31. The number of nitrogens with zero attached hydrogens (tertiary/aromatic N) is 3. The molecule has 0 aliphatic carbocycles. The van der Waals surface area contributed by atoms with Crippen molar-refractivity contribution in [2.24, 2.45) is 0 Å². The molecule has 1 fully saturated rings. The molecule has 0 N–H and O–H groups in total. The van der Waals surface area contributed by atoms with Gasteiger partial charge in [0.25, 0.3) is 0 Å². The second-order valence-electron chi connectivity index (χ2n) is 6.27. The Morgan fingerprint density at radius 3 is 2.86 bits per heavy atom. The van der Waals surface area contributed by atoms with Crippen LogP contribution in [0, 0.1) is 0 Å². The van der Waals surface area contributed by atoms with E-state index >= 15 is 0 Å². The number of aromatic nitrogens is 2. The van der Waals surface area contributed by atoms with Crippen molar-refractivity contribution in [3.63, 3.8) is 0 Å². The van der Waals surface area contributed by atoms with Crippen molar-refractivity contribution in [1.29, 1.82) is 0 Å². The first kappa shape index (κ1) is 17.3. The predicted octanol–water partition coefficient (Wildman–Crippen LogP) is 2.10. The zero-order chi connectivity index (χ0) is 16.3. The maximum atomic E-state index is 12.2. The van der Waals surface area contributed by atoms with Crippen LogP contribution in [0.1, 0.15) is 33.9 Å². The van der Waals surface area contributed by atoms with Gasteiger partial charge in [0, 0.05) is 25.5 Å². The minimum absolute atomic E-state index is 0.0471. The standard InChI is InChI=1S/C15H25N3O3S/c1-6-17(5)11-7-8-18(14(19)16-11)12-10-22-13(21-12)9-20-15(2,3)4/h7-8,12-13H,6,9-10H2,1-5H3/t12-,13+/m0/s1. The second kappa shape index (κ2) is 7.02. The van der Waals surface area contributed by atoms with Crippen LogP contribution in [0.3, 0.4) is 0 Å². The van der Waals surface area contributed by atoms with Gasteiger partial charge in [0.05, 0.1) is 12.2 Å². The summed E-state index contributed by atoms with van der Waals surface area (Å²) in [5.41, 5.74) is -0.512.